The summed E-state index contributed by atoms with van der Waals surface area (Å²) in [5, 5.41) is 9.14. The third-order valence-corrected chi connectivity index (χ3v) is 4.23. The Kier molecular flexibility index (Phi) is 5.63. The molecular weight excluding hydrogens is 332 g/mol. The molecule has 1 aliphatic heterocycles. The molecule has 2 aromatic rings. The van der Waals surface area contributed by atoms with Gasteiger partial charge in [0.25, 0.3) is 0 Å². The highest BCUT2D eigenvalue weighted by atomic mass is 16.5. The Balaban J connectivity index is 1.56. The van der Waals surface area contributed by atoms with Gasteiger partial charge in [-0.3, -0.25) is 9.78 Å². The van der Waals surface area contributed by atoms with Crippen LogP contribution < -0.4 is 4.74 Å². The molecule has 0 spiro atoms. The normalized spacial score (nSPS) is 16.8. The summed E-state index contributed by atoms with van der Waals surface area (Å²) in [6.45, 7) is 0.875. The molecule has 134 valence electrons. The fourth-order valence-corrected chi connectivity index (χ4v) is 2.87. The molecule has 6 nitrogen and oxygen atoms in total. The van der Waals surface area contributed by atoms with Crippen LogP contribution in [0.15, 0.2) is 54.7 Å². The van der Waals surface area contributed by atoms with Crippen LogP contribution in [0.25, 0.3) is 6.08 Å². The van der Waals surface area contributed by atoms with Gasteiger partial charge in [0.15, 0.2) is 0 Å². The summed E-state index contributed by atoms with van der Waals surface area (Å²) in [6, 6.07) is 12.3. The van der Waals surface area contributed by atoms with E-state index < -0.39 is 12.0 Å². The quantitative estimate of drug-likeness (QED) is 0.809. The number of aromatic nitrogens is 1. The van der Waals surface area contributed by atoms with Crippen LogP contribution in [-0.4, -0.2) is 39.5 Å². The van der Waals surface area contributed by atoms with Crippen molar-refractivity contribution >= 4 is 18.0 Å². The Morgan fingerprint density at radius 2 is 2.04 bits per heavy atom. The van der Waals surface area contributed by atoms with E-state index in [0.29, 0.717) is 25.3 Å². The van der Waals surface area contributed by atoms with Crippen molar-refractivity contribution in [1.82, 2.24) is 9.88 Å². The molecule has 0 saturated carbocycles. The van der Waals surface area contributed by atoms with Crippen molar-refractivity contribution in [1.29, 1.82) is 0 Å². The zero-order chi connectivity index (χ0) is 18.4. The monoisotopic (exact) mass is 352 g/mol. The summed E-state index contributed by atoms with van der Waals surface area (Å²) >= 11 is 0. The van der Waals surface area contributed by atoms with E-state index in [1.54, 1.807) is 12.3 Å². The minimum atomic E-state index is -0.946. The van der Waals surface area contributed by atoms with Gasteiger partial charge in [0.1, 0.15) is 18.4 Å². The standard InChI is InChI=1S/C20H20N2O4/c23-19(22-13-3-5-18(22)20(24)25)11-8-15-6-9-17(10-7-15)26-14-16-4-1-2-12-21-16/h1-2,4,6-12,18H,3,5,13-14H2,(H,24,25)/t18-/m1/s1. The van der Waals surface area contributed by atoms with Crippen molar-refractivity contribution < 1.29 is 19.4 Å². The molecule has 0 radical (unpaired) electrons. The minimum absolute atomic E-state index is 0.273. The van der Waals surface area contributed by atoms with Crippen LogP contribution >= 0.6 is 0 Å². The van der Waals surface area contributed by atoms with Gasteiger partial charge in [-0.2, -0.15) is 0 Å². The van der Waals surface area contributed by atoms with Crippen molar-refractivity contribution in [3.05, 3.63) is 66.0 Å². The van der Waals surface area contributed by atoms with Gasteiger partial charge in [-0.15, -0.1) is 0 Å². The molecule has 1 N–H and O–H groups in total. The number of amides is 1. The van der Waals surface area contributed by atoms with Crippen molar-refractivity contribution in [2.75, 3.05) is 6.54 Å². The molecule has 1 aromatic carbocycles. The second-order valence-corrected chi connectivity index (χ2v) is 6.04. The first-order valence-corrected chi connectivity index (χ1v) is 8.48. The number of carboxylic acid groups (broad SMARTS) is 1. The Hall–Kier alpha value is -3.15. The highest BCUT2D eigenvalue weighted by Crippen LogP contribution is 2.19. The number of likely N-dealkylation sites (tertiary alicyclic amines) is 1. The van der Waals surface area contributed by atoms with Gasteiger partial charge in [0.2, 0.25) is 5.91 Å². The third kappa shape index (κ3) is 4.47. The summed E-state index contributed by atoms with van der Waals surface area (Å²) < 4.78 is 5.67. The van der Waals surface area contributed by atoms with Gasteiger partial charge in [-0.25, -0.2) is 4.79 Å². The van der Waals surface area contributed by atoms with E-state index in [1.807, 2.05) is 42.5 Å². The molecule has 1 aromatic heterocycles. The largest absolute Gasteiger partial charge is 0.487 e. The number of carbonyl (C=O) groups excluding carboxylic acids is 1. The average molecular weight is 352 g/mol. The molecule has 0 unspecified atom stereocenters. The minimum Gasteiger partial charge on any atom is -0.487 e. The van der Waals surface area contributed by atoms with Crippen LogP contribution in [-0.2, 0) is 16.2 Å². The highest BCUT2D eigenvalue weighted by Gasteiger charge is 2.32. The molecule has 3 rings (SSSR count). The van der Waals surface area contributed by atoms with Crippen LogP contribution in [0.3, 0.4) is 0 Å². The smallest absolute Gasteiger partial charge is 0.326 e. The van der Waals surface area contributed by atoms with Crippen LogP contribution in [0.4, 0.5) is 0 Å². The predicted molar refractivity (Wildman–Crippen MR) is 96.4 cm³/mol. The molecule has 1 saturated heterocycles. The number of carbonyl (C=O) groups is 2. The Morgan fingerprint density at radius 1 is 1.23 bits per heavy atom. The molecule has 1 fully saturated rings. The number of pyridine rings is 1. The number of ether oxygens (including phenoxy) is 1. The van der Waals surface area contributed by atoms with Crippen LogP contribution in [0.5, 0.6) is 5.75 Å². The van der Waals surface area contributed by atoms with Gasteiger partial charge in [0, 0.05) is 18.8 Å². The van der Waals surface area contributed by atoms with Gasteiger partial charge in [-0.1, -0.05) is 18.2 Å². The zero-order valence-electron chi connectivity index (χ0n) is 14.2. The Morgan fingerprint density at radius 3 is 2.73 bits per heavy atom. The molecule has 6 heteroatoms. The summed E-state index contributed by atoms with van der Waals surface area (Å²) in [5.74, 6) is -0.506. The van der Waals surface area contributed by atoms with Crippen molar-refractivity contribution in [2.24, 2.45) is 0 Å². The summed E-state index contributed by atoms with van der Waals surface area (Å²) in [7, 11) is 0. The molecule has 26 heavy (non-hydrogen) atoms. The summed E-state index contributed by atoms with van der Waals surface area (Å²) in [4.78, 5) is 29.0. The lowest BCUT2D eigenvalue weighted by atomic mass is 10.2. The van der Waals surface area contributed by atoms with Gasteiger partial charge in [0.05, 0.1) is 5.69 Å². The number of aliphatic carboxylic acids is 1. The lowest BCUT2D eigenvalue weighted by Crippen LogP contribution is -2.39. The first-order chi connectivity index (χ1) is 12.6. The molecule has 1 aliphatic rings. The van der Waals surface area contributed by atoms with Gasteiger partial charge < -0.3 is 14.7 Å². The summed E-state index contributed by atoms with van der Waals surface area (Å²) in [5.41, 5.74) is 1.69. The second-order valence-electron chi connectivity index (χ2n) is 6.04. The van der Waals surface area contributed by atoms with E-state index in [2.05, 4.69) is 4.98 Å². The van der Waals surface area contributed by atoms with E-state index >= 15 is 0 Å². The average Bonchev–Trinajstić information content (AvgIpc) is 3.16. The van der Waals surface area contributed by atoms with E-state index in [9.17, 15) is 9.59 Å². The van der Waals surface area contributed by atoms with Crippen molar-refractivity contribution in [3.8, 4) is 5.75 Å². The lowest BCUT2D eigenvalue weighted by molar-refractivity contribution is -0.146. The maximum absolute atomic E-state index is 12.2. The maximum Gasteiger partial charge on any atom is 0.326 e. The fraction of sp³-hybridized carbons (Fsp3) is 0.250. The zero-order valence-corrected chi connectivity index (χ0v) is 14.2. The van der Waals surface area contributed by atoms with Crippen LogP contribution in [0.2, 0.25) is 0 Å². The third-order valence-electron chi connectivity index (χ3n) is 4.23. The molecule has 1 atom stereocenters. The van der Waals surface area contributed by atoms with E-state index in [0.717, 1.165) is 17.7 Å². The molecule has 2 heterocycles. The highest BCUT2D eigenvalue weighted by molar-refractivity contribution is 5.94. The number of carboxylic acids is 1. The lowest BCUT2D eigenvalue weighted by Gasteiger charge is -2.19. The second kappa shape index (κ2) is 8.29. The van der Waals surface area contributed by atoms with Crippen LogP contribution in [0.1, 0.15) is 24.1 Å². The van der Waals surface area contributed by atoms with Gasteiger partial charge >= 0.3 is 5.97 Å². The fourth-order valence-electron chi connectivity index (χ4n) is 2.87. The molecule has 1 amide bonds. The first kappa shape index (κ1) is 17.7. The molecule has 0 aliphatic carbocycles. The van der Waals surface area contributed by atoms with E-state index in [-0.39, 0.29) is 5.91 Å². The van der Waals surface area contributed by atoms with Crippen molar-refractivity contribution in [2.45, 2.75) is 25.5 Å². The number of benzene rings is 1. The number of hydrogen-bond donors (Lipinski definition) is 1. The summed E-state index contributed by atoms with van der Waals surface area (Å²) in [6.07, 6.45) is 6.06. The van der Waals surface area contributed by atoms with E-state index in [1.165, 1.54) is 11.0 Å². The number of hydrogen-bond acceptors (Lipinski definition) is 4. The van der Waals surface area contributed by atoms with E-state index in [4.69, 9.17) is 9.84 Å². The molecule has 0 bridgehead atoms. The predicted octanol–water partition coefficient (Wildman–Crippen LogP) is 2.75. The maximum atomic E-state index is 12.2. The Labute approximate surface area is 151 Å². The van der Waals surface area contributed by atoms with Crippen LogP contribution in [0, 0.1) is 0 Å². The Bertz CT molecular complexity index is 787. The first-order valence-electron chi connectivity index (χ1n) is 8.48. The number of nitrogens with zero attached hydrogens (tertiary/aromatic N) is 2. The van der Waals surface area contributed by atoms with Crippen molar-refractivity contribution in [3.63, 3.8) is 0 Å². The van der Waals surface area contributed by atoms with Gasteiger partial charge in [-0.05, 0) is 48.7 Å². The number of rotatable bonds is 6. The molecular formula is C20H20N2O4. The SMILES string of the molecule is O=C(O)[C@H]1CCCN1C(=O)C=Cc1ccc(OCc2ccccn2)cc1. The topological polar surface area (TPSA) is 79.7 Å².